The second-order valence-electron chi connectivity index (χ2n) is 11.3. The Balaban J connectivity index is 1.58. The van der Waals surface area contributed by atoms with Gasteiger partial charge >= 0.3 is 0 Å². The lowest BCUT2D eigenvalue weighted by Crippen LogP contribution is -2.58. The average molecular weight is 410 g/mol. The molecule has 6 unspecified atom stereocenters. The maximum absolute atomic E-state index is 10.9. The van der Waals surface area contributed by atoms with Crippen molar-refractivity contribution < 1.29 is 19.7 Å². The van der Waals surface area contributed by atoms with Crippen molar-refractivity contribution in [2.45, 2.75) is 110 Å². The van der Waals surface area contributed by atoms with Crippen molar-refractivity contribution in [2.75, 3.05) is 6.61 Å². The molecular formula is C24H43NO4. The molecule has 0 bridgehead atoms. The minimum atomic E-state index is -0.312. The van der Waals surface area contributed by atoms with E-state index in [0.717, 1.165) is 31.6 Å². The highest BCUT2D eigenvalue weighted by Gasteiger charge is 2.61. The molecule has 9 atom stereocenters. The van der Waals surface area contributed by atoms with Crippen LogP contribution in [0.1, 0.15) is 86.0 Å². The third-order valence-corrected chi connectivity index (χ3v) is 9.16. The minimum absolute atomic E-state index is 0.0586. The van der Waals surface area contributed by atoms with E-state index in [0.29, 0.717) is 30.4 Å². The number of rotatable bonds is 3. The lowest BCUT2D eigenvalue weighted by atomic mass is 9.63. The van der Waals surface area contributed by atoms with E-state index >= 15 is 0 Å². The van der Waals surface area contributed by atoms with Gasteiger partial charge in [-0.15, -0.1) is 0 Å². The number of aliphatic hydroxyl groups is 1. The van der Waals surface area contributed by atoms with Crippen molar-refractivity contribution in [2.24, 2.45) is 35.0 Å². The monoisotopic (exact) mass is 409 g/mol. The first-order valence-electron chi connectivity index (χ1n) is 12.2. The summed E-state index contributed by atoms with van der Waals surface area (Å²) in [5.74, 6) is 2.39. The zero-order valence-corrected chi connectivity index (χ0v) is 19.2. The van der Waals surface area contributed by atoms with E-state index in [2.05, 4.69) is 40.1 Å². The second-order valence-corrected chi connectivity index (χ2v) is 11.3. The molecule has 2 aliphatic heterocycles. The number of fused-ring (bicyclic) bond motifs is 2. The van der Waals surface area contributed by atoms with E-state index in [4.69, 9.17) is 14.6 Å². The normalized spacial score (nSPS) is 48.8. The molecule has 0 aromatic heterocycles. The summed E-state index contributed by atoms with van der Waals surface area (Å²) in [7, 11) is 0. The lowest BCUT2D eigenvalue weighted by molar-refractivity contribution is -0.418. The maximum atomic E-state index is 10.9. The summed E-state index contributed by atoms with van der Waals surface area (Å²) in [6, 6.07) is 0.411. The number of aliphatic hydroxyl groups excluding tert-OH is 1. The van der Waals surface area contributed by atoms with Crippen molar-refractivity contribution in [1.82, 2.24) is 5.48 Å². The number of nitrogens with one attached hydrogen (secondary N) is 1. The Morgan fingerprint density at radius 1 is 1.07 bits per heavy atom. The lowest BCUT2D eigenvalue weighted by Gasteiger charge is -2.50. The van der Waals surface area contributed by atoms with Gasteiger partial charge in [-0.3, -0.25) is 4.84 Å². The molecule has 0 radical (unpaired) electrons. The number of hydrogen-bond acceptors (Lipinski definition) is 5. The molecule has 5 nitrogen and oxygen atoms in total. The molecule has 29 heavy (non-hydrogen) atoms. The van der Waals surface area contributed by atoms with Crippen LogP contribution in [0.2, 0.25) is 0 Å². The van der Waals surface area contributed by atoms with E-state index in [1.165, 1.54) is 25.7 Å². The largest absolute Gasteiger partial charge is 0.393 e. The zero-order valence-electron chi connectivity index (χ0n) is 19.2. The molecule has 0 amide bonds. The first-order valence-corrected chi connectivity index (χ1v) is 12.2. The summed E-state index contributed by atoms with van der Waals surface area (Å²) in [6.07, 6.45) is 8.94. The van der Waals surface area contributed by atoms with Crippen LogP contribution < -0.4 is 5.48 Å². The molecule has 2 heterocycles. The van der Waals surface area contributed by atoms with Crippen molar-refractivity contribution in [3.8, 4) is 0 Å². The summed E-state index contributed by atoms with van der Waals surface area (Å²) in [5.41, 5.74) is 2.98. The molecule has 2 saturated carbocycles. The van der Waals surface area contributed by atoms with E-state index in [1.807, 2.05) is 0 Å². The average Bonchev–Trinajstić information content (AvgIpc) is 3.06. The number of hydroxylamine groups is 1. The summed E-state index contributed by atoms with van der Waals surface area (Å²) >= 11 is 0. The Kier molecular flexibility index (Phi) is 6.36. The predicted octanol–water partition coefficient (Wildman–Crippen LogP) is 4.63. The van der Waals surface area contributed by atoms with Gasteiger partial charge in [0.1, 0.15) is 18.3 Å². The van der Waals surface area contributed by atoms with E-state index in [1.54, 1.807) is 0 Å². The van der Waals surface area contributed by atoms with Gasteiger partial charge in [-0.1, -0.05) is 53.9 Å². The van der Waals surface area contributed by atoms with Crippen LogP contribution in [-0.4, -0.2) is 35.6 Å². The Bertz CT molecular complexity index is 569. The molecule has 0 aromatic carbocycles. The fraction of sp³-hybridized carbons (Fsp3) is 1.00. The fourth-order valence-corrected chi connectivity index (χ4v) is 7.53. The summed E-state index contributed by atoms with van der Waals surface area (Å²) in [4.78, 5) is 18.3. The van der Waals surface area contributed by atoms with Gasteiger partial charge < -0.3 is 5.11 Å². The molecule has 0 aromatic rings. The van der Waals surface area contributed by atoms with Gasteiger partial charge in [-0.25, -0.2) is 9.78 Å². The summed E-state index contributed by atoms with van der Waals surface area (Å²) in [6.45, 7) is 11.8. The third kappa shape index (κ3) is 3.80. The quantitative estimate of drug-likeness (QED) is 0.665. The van der Waals surface area contributed by atoms with E-state index < -0.39 is 0 Å². The van der Waals surface area contributed by atoms with Crippen LogP contribution in [0.3, 0.4) is 0 Å². The van der Waals surface area contributed by atoms with Crippen molar-refractivity contribution in [1.29, 1.82) is 0 Å². The van der Waals surface area contributed by atoms with Crippen LogP contribution in [0.5, 0.6) is 0 Å². The topological polar surface area (TPSA) is 60.0 Å². The summed E-state index contributed by atoms with van der Waals surface area (Å²) < 4.78 is 0. The molecule has 1 spiro atoms. The highest BCUT2D eigenvalue weighted by Crippen LogP contribution is 2.55. The highest BCUT2D eigenvalue weighted by molar-refractivity contribution is 5.07. The molecule has 4 fully saturated rings. The van der Waals surface area contributed by atoms with Gasteiger partial charge in [0.2, 0.25) is 0 Å². The van der Waals surface area contributed by atoms with Gasteiger partial charge in [0, 0.05) is 17.4 Å². The first-order chi connectivity index (χ1) is 13.8. The van der Waals surface area contributed by atoms with Gasteiger partial charge in [-0.2, -0.15) is 5.48 Å². The molecule has 5 heteroatoms. The van der Waals surface area contributed by atoms with Crippen molar-refractivity contribution in [3.05, 3.63) is 0 Å². The second kappa shape index (κ2) is 8.38. The molecule has 2 N–H and O–H groups in total. The maximum Gasteiger partial charge on any atom is 0.123 e. The fourth-order valence-electron chi connectivity index (χ4n) is 7.53. The first kappa shape index (κ1) is 22.0. The smallest absolute Gasteiger partial charge is 0.123 e. The highest BCUT2D eigenvalue weighted by atomic mass is 17.2. The van der Waals surface area contributed by atoms with Gasteiger partial charge in [0.05, 0.1) is 6.10 Å². The SMILES string of the molecule is CC[C@@H](O)C1C(C)CC[C@@H]2[C@@H](OOCC23CC(C2CCCCC2C)NO3)C1(C)C. The van der Waals surface area contributed by atoms with E-state index in [9.17, 15) is 5.11 Å². The minimum Gasteiger partial charge on any atom is -0.393 e. The van der Waals surface area contributed by atoms with Crippen molar-refractivity contribution in [3.63, 3.8) is 0 Å². The van der Waals surface area contributed by atoms with Crippen LogP contribution in [0.15, 0.2) is 0 Å². The zero-order chi connectivity index (χ0) is 20.8. The van der Waals surface area contributed by atoms with Crippen LogP contribution in [0.4, 0.5) is 0 Å². The number of hydrogen-bond donors (Lipinski definition) is 2. The molecule has 168 valence electrons. The van der Waals surface area contributed by atoms with Crippen LogP contribution in [0, 0.1) is 35.0 Å². The van der Waals surface area contributed by atoms with Crippen LogP contribution >= 0.6 is 0 Å². The van der Waals surface area contributed by atoms with Gasteiger partial charge in [0.25, 0.3) is 0 Å². The van der Waals surface area contributed by atoms with Crippen LogP contribution in [-0.2, 0) is 14.6 Å². The molecule has 4 aliphatic rings. The Hall–Kier alpha value is -0.200. The third-order valence-electron chi connectivity index (χ3n) is 9.16. The Morgan fingerprint density at radius 3 is 2.55 bits per heavy atom. The van der Waals surface area contributed by atoms with Gasteiger partial charge in [0.15, 0.2) is 0 Å². The summed E-state index contributed by atoms with van der Waals surface area (Å²) in [5, 5.41) is 10.9. The Labute approximate surface area is 177 Å². The van der Waals surface area contributed by atoms with Gasteiger partial charge in [-0.05, 0) is 55.8 Å². The predicted molar refractivity (Wildman–Crippen MR) is 113 cm³/mol. The standard InChI is InChI=1S/C24H43NO4/c1-6-20(26)21-16(3)11-12-18-22(23(21,4)5)28-27-14-24(18)13-19(25-29-24)17-10-8-7-9-15(17)2/h15-22,25-26H,6-14H2,1-5H3/t15?,16?,17?,18-,19?,20-,21?,22-,24?/m1/s1. The molecule has 2 saturated heterocycles. The van der Waals surface area contributed by atoms with E-state index in [-0.39, 0.29) is 29.1 Å². The Morgan fingerprint density at radius 2 is 1.83 bits per heavy atom. The van der Waals surface area contributed by atoms with Crippen LogP contribution in [0.25, 0.3) is 0 Å². The molecule has 4 rings (SSSR count). The van der Waals surface area contributed by atoms with Crippen molar-refractivity contribution >= 4 is 0 Å². The molecular weight excluding hydrogens is 366 g/mol. The molecule has 2 aliphatic carbocycles.